The van der Waals surface area contributed by atoms with E-state index < -0.39 is 0 Å². The predicted octanol–water partition coefficient (Wildman–Crippen LogP) is 3.69. The number of nitrogens with zero attached hydrogens (tertiary/aromatic N) is 1. The smallest absolute Gasteiger partial charge is 0.116 e. The van der Waals surface area contributed by atoms with Crippen LogP contribution in [-0.4, -0.2) is 5.11 Å². The minimum absolute atomic E-state index is 0.159. The van der Waals surface area contributed by atoms with Crippen molar-refractivity contribution in [2.45, 2.75) is 12.8 Å². The summed E-state index contributed by atoms with van der Waals surface area (Å²) in [7, 11) is 0. The number of phenols is 1. The Labute approximate surface area is 101 Å². The maximum atomic E-state index is 9.50. The standard InChI is InChI=1S/C15H13NO/c1-11(10-16)14-7-2-3-8-15(14)12-5-4-6-13(17)9-12/h2-9,11,17H,1H3. The molecule has 0 aliphatic heterocycles. The van der Waals surface area contributed by atoms with E-state index in [4.69, 9.17) is 5.26 Å². The molecule has 1 N–H and O–H groups in total. The third-order valence-electron chi connectivity index (χ3n) is 2.78. The molecule has 2 aromatic carbocycles. The van der Waals surface area contributed by atoms with Crippen molar-refractivity contribution in [1.29, 1.82) is 5.26 Å². The van der Waals surface area contributed by atoms with Crippen molar-refractivity contribution >= 4 is 0 Å². The van der Waals surface area contributed by atoms with E-state index in [9.17, 15) is 5.11 Å². The number of benzene rings is 2. The maximum Gasteiger partial charge on any atom is 0.116 e. The van der Waals surface area contributed by atoms with Crippen molar-refractivity contribution in [1.82, 2.24) is 0 Å². The highest BCUT2D eigenvalue weighted by atomic mass is 16.3. The molecule has 0 radical (unpaired) electrons. The fourth-order valence-corrected chi connectivity index (χ4v) is 1.88. The zero-order valence-electron chi connectivity index (χ0n) is 9.59. The summed E-state index contributed by atoms with van der Waals surface area (Å²) in [5.74, 6) is 0.0791. The van der Waals surface area contributed by atoms with Gasteiger partial charge in [0.25, 0.3) is 0 Å². The van der Waals surface area contributed by atoms with E-state index >= 15 is 0 Å². The van der Waals surface area contributed by atoms with E-state index in [0.29, 0.717) is 0 Å². The molecular weight excluding hydrogens is 210 g/mol. The highest BCUT2D eigenvalue weighted by Crippen LogP contribution is 2.30. The number of nitriles is 1. The van der Waals surface area contributed by atoms with Gasteiger partial charge in [-0.15, -0.1) is 0 Å². The van der Waals surface area contributed by atoms with Gasteiger partial charge >= 0.3 is 0 Å². The average molecular weight is 223 g/mol. The third-order valence-corrected chi connectivity index (χ3v) is 2.78. The van der Waals surface area contributed by atoms with Gasteiger partial charge in [-0.2, -0.15) is 5.26 Å². The molecule has 0 fully saturated rings. The van der Waals surface area contributed by atoms with Gasteiger partial charge in [-0.3, -0.25) is 0 Å². The fourth-order valence-electron chi connectivity index (χ4n) is 1.88. The molecule has 0 saturated carbocycles. The lowest BCUT2D eigenvalue weighted by molar-refractivity contribution is 0.475. The molecule has 0 aliphatic carbocycles. The highest BCUT2D eigenvalue weighted by Gasteiger charge is 2.10. The van der Waals surface area contributed by atoms with Crippen LogP contribution in [0.4, 0.5) is 0 Å². The van der Waals surface area contributed by atoms with Crippen LogP contribution in [-0.2, 0) is 0 Å². The second kappa shape index (κ2) is 4.71. The van der Waals surface area contributed by atoms with E-state index in [1.54, 1.807) is 18.2 Å². The van der Waals surface area contributed by atoms with Crippen molar-refractivity contribution in [3.63, 3.8) is 0 Å². The molecule has 2 rings (SSSR count). The van der Waals surface area contributed by atoms with Crippen LogP contribution < -0.4 is 0 Å². The first kappa shape index (κ1) is 11.2. The normalized spacial score (nSPS) is 11.8. The molecule has 2 nitrogen and oxygen atoms in total. The van der Waals surface area contributed by atoms with Gasteiger partial charge in [0.15, 0.2) is 0 Å². The Morgan fingerprint density at radius 2 is 1.88 bits per heavy atom. The summed E-state index contributed by atoms with van der Waals surface area (Å²) in [6.07, 6.45) is 0. The molecule has 84 valence electrons. The monoisotopic (exact) mass is 223 g/mol. The minimum atomic E-state index is -0.159. The van der Waals surface area contributed by atoms with Crippen LogP contribution in [0.25, 0.3) is 11.1 Å². The van der Waals surface area contributed by atoms with Crippen LogP contribution >= 0.6 is 0 Å². The molecule has 0 bridgehead atoms. The number of hydrogen-bond donors (Lipinski definition) is 1. The van der Waals surface area contributed by atoms with Crippen molar-refractivity contribution in [3.05, 3.63) is 54.1 Å². The molecular formula is C15H13NO. The van der Waals surface area contributed by atoms with Gasteiger partial charge in [0.2, 0.25) is 0 Å². The Morgan fingerprint density at radius 1 is 1.12 bits per heavy atom. The number of rotatable bonds is 2. The maximum absolute atomic E-state index is 9.50. The van der Waals surface area contributed by atoms with Gasteiger partial charge in [-0.25, -0.2) is 0 Å². The molecule has 2 heteroatoms. The van der Waals surface area contributed by atoms with Crippen LogP contribution in [0.1, 0.15) is 18.4 Å². The summed E-state index contributed by atoms with van der Waals surface area (Å²) in [5, 5.41) is 18.5. The number of hydrogen-bond acceptors (Lipinski definition) is 2. The largest absolute Gasteiger partial charge is 0.508 e. The van der Waals surface area contributed by atoms with Crippen LogP contribution in [0, 0.1) is 11.3 Å². The van der Waals surface area contributed by atoms with Crippen LogP contribution in [0.2, 0.25) is 0 Å². The molecule has 0 spiro atoms. The Bertz CT molecular complexity index is 569. The molecule has 17 heavy (non-hydrogen) atoms. The van der Waals surface area contributed by atoms with Gasteiger partial charge in [0.05, 0.1) is 12.0 Å². The van der Waals surface area contributed by atoms with Gasteiger partial charge < -0.3 is 5.11 Å². The zero-order valence-corrected chi connectivity index (χ0v) is 9.59. The minimum Gasteiger partial charge on any atom is -0.508 e. The lowest BCUT2D eigenvalue weighted by Gasteiger charge is -2.11. The molecule has 0 amide bonds. The molecule has 1 unspecified atom stereocenters. The lowest BCUT2D eigenvalue weighted by Crippen LogP contribution is -1.93. The van der Waals surface area contributed by atoms with E-state index in [0.717, 1.165) is 16.7 Å². The van der Waals surface area contributed by atoms with Gasteiger partial charge in [0.1, 0.15) is 5.75 Å². The predicted molar refractivity (Wildman–Crippen MR) is 67.6 cm³/mol. The Kier molecular flexibility index (Phi) is 3.11. The fraction of sp³-hybridized carbons (Fsp3) is 0.133. The summed E-state index contributed by atoms with van der Waals surface area (Å²) in [6, 6.07) is 17.1. The molecule has 0 heterocycles. The van der Waals surface area contributed by atoms with Crippen molar-refractivity contribution < 1.29 is 5.11 Å². The second-order valence-electron chi connectivity index (χ2n) is 3.99. The first-order chi connectivity index (χ1) is 8.22. The van der Waals surface area contributed by atoms with E-state index in [1.807, 2.05) is 37.3 Å². The van der Waals surface area contributed by atoms with Crippen LogP contribution in [0.3, 0.4) is 0 Å². The number of aromatic hydroxyl groups is 1. The van der Waals surface area contributed by atoms with Crippen molar-refractivity contribution in [2.24, 2.45) is 0 Å². The van der Waals surface area contributed by atoms with Gasteiger partial charge in [-0.1, -0.05) is 36.4 Å². The average Bonchev–Trinajstić information content (AvgIpc) is 2.38. The Morgan fingerprint density at radius 3 is 2.59 bits per heavy atom. The van der Waals surface area contributed by atoms with Gasteiger partial charge in [-0.05, 0) is 35.7 Å². The van der Waals surface area contributed by atoms with Crippen molar-refractivity contribution in [2.75, 3.05) is 0 Å². The quantitative estimate of drug-likeness (QED) is 0.843. The van der Waals surface area contributed by atoms with E-state index in [2.05, 4.69) is 6.07 Å². The Balaban J connectivity index is 2.56. The summed E-state index contributed by atoms with van der Waals surface area (Å²) in [4.78, 5) is 0. The first-order valence-corrected chi connectivity index (χ1v) is 5.50. The number of phenolic OH excluding ortho intramolecular Hbond substituents is 1. The summed E-state index contributed by atoms with van der Waals surface area (Å²) in [6.45, 7) is 1.88. The molecule has 0 aromatic heterocycles. The zero-order chi connectivity index (χ0) is 12.3. The summed E-state index contributed by atoms with van der Waals surface area (Å²) < 4.78 is 0. The molecule has 0 aliphatic rings. The third kappa shape index (κ3) is 2.29. The molecule has 1 atom stereocenters. The van der Waals surface area contributed by atoms with Crippen LogP contribution in [0.15, 0.2) is 48.5 Å². The van der Waals surface area contributed by atoms with Gasteiger partial charge in [0, 0.05) is 0 Å². The summed E-state index contributed by atoms with van der Waals surface area (Å²) >= 11 is 0. The lowest BCUT2D eigenvalue weighted by atomic mass is 9.92. The second-order valence-corrected chi connectivity index (χ2v) is 3.99. The topological polar surface area (TPSA) is 44.0 Å². The Hall–Kier alpha value is -2.27. The van der Waals surface area contributed by atoms with Crippen LogP contribution in [0.5, 0.6) is 5.75 Å². The highest BCUT2D eigenvalue weighted by molar-refractivity contribution is 5.69. The molecule has 2 aromatic rings. The summed E-state index contributed by atoms with van der Waals surface area (Å²) in [5.41, 5.74) is 2.92. The van der Waals surface area contributed by atoms with Crippen molar-refractivity contribution in [3.8, 4) is 22.9 Å². The van der Waals surface area contributed by atoms with E-state index in [-0.39, 0.29) is 11.7 Å². The van der Waals surface area contributed by atoms with E-state index in [1.165, 1.54) is 0 Å². The first-order valence-electron chi connectivity index (χ1n) is 5.50. The molecule has 0 saturated heterocycles. The SMILES string of the molecule is CC(C#N)c1ccccc1-c1cccc(O)c1.